The van der Waals surface area contributed by atoms with Crippen LogP contribution in [0, 0.1) is 5.92 Å². The van der Waals surface area contributed by atoms with Gasteiger partial charge in [0.1, 0.15) is 0 Å². The monoisotopic (exact) mass is 387 g/mol. The highest BCUT2D eigenvalue weighted by Gasteiger charge is 2.02. The molecule has 1 atom stereocenters. The maximum atomic E-state index is 4.18. The first kappa shape index (κ1) is 26.9. The molecule has 0 N–H and O–H groups in total. The summed E-state index contributed by atoms with van der Waals surface area (Å²) in [5, 5.41) is 0. The predicted molar refractivity (Wildman–Crippen MR) is 131 cm³/mol. The summed E-state index contributed by atoms with van der Waals surface area (Å²) in [7, 11) is 0. The molecule has 0 aromatic heterocycles. The third-order valence-corrected chi connectivity index (χ3v) is 5.42. The van der Waals surface area contributed by atoms with Crippen molar-refractivity contribution in [2.45, 2.75) is 117 Å². The third kappa shape index (κ3) is 22.9. The second-order valence-electron chi connectivity index (χ2n) is 8.24. The lowest BCUT2D eigenvalue weighted by atomic mass is 9.96. The van der Waals surface area contributed by atoms with Gasteiger partial charge in [-0.3, -0.25) is 4.99 Å². The molecule has 1 heteroatoms. The van der Waals surface area contributed by atoms with Gasteiger partial charge in [-0.15, -0.1) is 0 Å². The van der Waals surface area contributed by atoms with E-state index in [0.717, 1.165) is 12.5 Å². The van der Waals surface area contributed by atoms with Gasteiger partial charge in [0.05, 0.1) is 0 Å². The minimum Gasteiger partial charge on any atom is -0.293 e. The van der Waals surface area contributed by atoms with Crippen molar-refractivity contribution >= 4 is 6.21 Å². The van der Waals surface area contributed by atoms with Crippen LogP contribution in [0.15, 0.2) is 42.0 Å². The molecule has 0 aliphatic carbocycles. The summed E-state index contributed by atoms with van der Waals surface area (Å²) >= 11 is 0. The van der Waals surface area contributed by atoms with Gasteiger partial charge < -0.3 is 0 Å². The number of hydrogen-bond donors (Lipinski definition) is 0. The van der Waals surface area contributed by atoms with E-state index in [1.807, 2.05) is 12.3 Å². The number of allylic oxidation sites excluding steroid dienone is 5. The van der Waals surface area contributed by atoms with Crippen molar-refractivity contribution < 1.29 is 0 Å². The molecule has 0 fully saturated rings. The Labute approximate surface area is 177 Å². The molecule has 1 nitrogen and oxygen atoms in total. The highest BCUT2D eigenvalue weighted by atomic mass is 14.7. The molecule has 162 valence electrons. The summed E-state index contributed by atoms with van der Waals surface area (Å²) in [6, 6.07) is 0. The lowest BCUT2D eigenvalue weighted by Crippen LogP contribution is -1.95. The Morgan fingerprint density at radius 1 is 0.679 bits per heavy atom. The third-order valence-electron chi connectivity index (χ3n) is 5.42. The summed E-state index contributed by atoms with van der Waals surface area (Å²) in [5.41, 5.74) is 0. The van der Waals surface area contributed by atoms with E-state index in [0.29, 0.717) is 0 Å². The van der Waals surface area contributed by atoms with Crippen molar-refractivity contribution in [1.29, 1.82) is 0 Å². The van der Waals surface area contributed by atoms with E-state index in [-0.39, 0.29) is 0 Å². The normalized spacial score (nSPS) is 13.2. The zero-order valence-corrected chi connectivity index (χ0v) is 19.2. The number of aliphatic imine (C=N–C) groups is 1. The van der Waals surface area contributed by atoms with Gasteiger partial charge in [-0.05, 0) is 44.6 Å². The van der Waals surface area contributed by atoms with E-state index in [9.17, 15) is 0 Å². The SMILES string of the molecule is C=C/C=C/CCCCCCCCC(C)CCCCCCCC/C=C/C=NCC. The molecule has 0 aliphatic rings. The molecule has 0 bridgehead atoms. The molecule has 0 aromatic carbocycles. The fourth-order valence-electron chi connectivity index (χ4n) is 3.58. The second-order valence-corrected chi connectivity index (χ2v) is 8.24. The Morgan fingerprint density at radius 3 is 1.64 bits per heavy atom. The Morgan fingerprint density at radius 2 is 1.14 bits per heavy atom. The molecule has 28 heavy (non-hydrogen) atoms. The molecule has 0 rings (SSSR count). The van der Waals surface area contributed by atoms with Crippen molar-refractivity contribution in [3.63, 3.8) is 0 Å². The van der Waals surface area contributed by atoms with Crippen LogP contribution in [-0.2, 0) is 0 Å². The van der Waals surface area contributed by atoms with E-state index < -0.39 is 0 Å². The first-order valence-corrected chi connectivity index (χ1v) is 12.2. The summed E-state index contributed by atoms with van der Waals surface area (Å²) in [6.45, 7) is 9.12. The summed E-state index contributed by atoms with van der Waals surface area (Å²) < 4.78 is 0. The fourth-order valence-corrected chi connectivity index (χ4v) is 3.58. The van der Waals surface area contributed by atoms with Crippen LogP contribution < -0.4 is 0 Å². The van der Waals surface area contributed by atoms with Gasteiger partial charge in [0.2, 0.25) is 0 Å². The molecule has 0 aromatic rings. The molecule has 0 amide bonds. The number of rotatable bonds is 21. The predicted octanol–water partition coefficient (Wildman–Crippen LogP) is 9.25. The van der Waals surface area contributed by atoms with Crippen LogP contribution >= 0.6 is 0 Å². The number of unbranched alkanes of at least 4 members (excludes halogenated alkanes) is 12. The Hall–Kier alpha value is -1.11. The fraction of sp³-hybridized carbons (Fsp3) is 0.741. The lowest BCUT2D eigenvalue weighted by molar-refractivity contribution is 0.431. The van der Waals surface area contributed by atoms with Crippen LogP contribution in [0.2, 0.25) is 0 Å². The van der Waals surface area contributed by atoms with Gasteiger partial charge in [-0.2, -0.15) is 0 Å². The highest BCUT2D eigenvalue weighted by Crippen LogP contribution is 2.18. The van der Waals surface area contributed by atoms with Gasteiger partial charge in [0.15, 0.2) is 0 Å². The molecule has 0 saturated carbocycles. The van der Waals surface area contributed by atoms with Gasteiger partial charge in [0, 0.05) is 12.8 Å². The Bertz CT molecular complexity index is 391. The van der Waals surface area contributed by atoms with Crippen LogP contribution in [0.5, 0.6) is 0 Å². The number of hydrogen-bond acceptors (Lipinski definition) is 1. The molecular formula is C27H49N. The van der Waals surface area contributed by atoms with E-state index in [1.54, 1.807) is 0 Å². The van der Waals surface area contributed by atoms with Gasteiger partial charge in [-0.1, -0.05) is 115 Å². The van der Waals surface area contributed by atoms with Crippen molar-refractivity contribution in [3.05, 3.63) is 37.0 Å². The van der Waals surface area contributed by atoms with Crippen LogP contribution in [0.1, 0.15) is 117 Å². The van der Waals surface area contributed by atoms with E-state index in [2.05, 4.69) is 49.7 Å². The zero-order chi connectivity index (χ0) is 20.5. The molecule has 0 saturated heterocycles. The van der Waals surface area contributed by atoms with Crippen LogP contribution in [0.4, 0.5) is 0 Å². The lowest BCUT2D eigenvalue weighted by Gasteiger charge is -2.11. The van der Waals surface area contributed by atoms with E-state index >= 15 is 0 Å². The Balaban J connectivity index is 3.24. The first-order valence-electron chi connectivity index (χ1n) is 12.2. The first-order chi connectivity index (χ1) is 13.8. The Kier molecular flexibility index (Phi) is 23.0. The summed E-state index contributed by atoms with van der Waals surface area (Å²) in [4.78, 5) is 4.18. The summed E-state index contributed by atoms with van der Waals surface area (Å²) in [6.07, 6.45) is 34.6. The van der Waals surface area contributed by atoms with Crippen molar-refractivity contribution in [1.82, 2.24) is 0 Å². The summed E-state index contributed by atoms with van der Waals surface area (Å²) in [5.74, 6) is 0.930. The molecule has 0 radical (unpaired) electrons. The van der Waals surface area contributed by atoms with Crippen LogP contribution in [-0.4, -0.2) is 12.8 Å². The minimum atomic E-state index is 0.887. The van der Waals surface area contributed by atoms with Crippen LogP contribution in [0.3, 0.4) is 0 Å². The van der Waals surface area contributed by atoms with Crippen molar-refractivity contribution in [2.24, 2.45) is 10.9 Å². The maximum absolute atomic E-state index is 4.18. The molecular weight excluding hydrogens is 338 g/mol. The molecule has 0 spiro atoms. The van der Waals surface area contributed by atoms with Gasteiger partial charge in [0.25, 0.3) is 0 Å². The second kappa shape index (κ2) is 23.9. The zero-order valence-electron chi connectivity index (χ0n) is 19.2. The average molecular weight is 388 g/mol. The van der Waals surface area contributed by atoms with E-state index in [4.69, 9.17) is 0 Å². The molecule has 0 heterocycles. The molecule has 0 aliphatic heterocycles. The van der Waals surface area contributed by atoms with Gasteiger partial charge >= 0.3 is 0 Å². The quantitative estimate of drug-likeness (QED) is 0.106. The van der Waals surface area contributed by atoms with Gasteiger partial charge in [-0.25, -0.2) is 0 Å². The largest absolute Gasteiger partial charge is 0.293 e. The van der Waals surface area contributed by atoms with Crippen molar-refractivity contribution in [2.75, 3.05) is 6.54 Å². The average Bonchev–Trinajstić information content (AvgIpc) is 2.70. The topological polar surface area (TPSA) is 12.4 Å². The highest BCUT2D eigenvalue weighted by molar-refractivity contribution is 5.70. The molecule has 1 unspecified atom stereocenters. The smallest absolute Gasteiger partial charge is 0.0360 e. The van der Waals surface area contributed by atoms with Crippen LogP contribution in [0.25, 0.3) is 0 Å². The standard InChI is InChI=1S/C27H49N/c1-4-6-7-8-9-10-12-15-18-21-24-27(3)25-22-19-16-13-11-14-17-20-23-26-28-5-2/h4,6-7,20,23,26-27H,1,5,8-19,21-22,24-25H2,2-3H3/b7-6+,23-20+,28-26?. The van der Waals surface area contributed by atoms with Crippen molar-refractivity contribution in [3.8, 4) is 0 Å². The van der Waals surface area contributed by atoms with E-state index in [1.165, 1.54) is 103 Å². The minimum absolute atomic E-state index is 0.887. The maximum Gasteiger partial charge on any atom is 0.0360 e. The number of nitrogens with zero attached hydrogens (tertiary/aromatic N) is 1.